The van der Waals surface area contributed by atoms with Crippen LogP contribution in [0.5, 0.6) is 0 Å². The number of rotatable bonds is 3. The van der Waals surface area contributed by atoms with Crippen LogP contribution >= 0.6 is 0 Å². The minimum atomic E-state index is 0.743. The first-order valence-corrected chi connectivity index (χ1v) is 4.49. The van der Waals surface area contributed by atoms with E-state index in [1.807, 2.05) is 18.3 Å². The van der Waals surface area contributed by atoms with Gasteiger partial charge in [-0.3, -0.25) is 4.98 Å². The average molecular weight is 162 g/mol. The molecule has 2 heteroatoms. The lowest BCUT2D eigenvalue weighted by atomic mass is 10.3. The highest BCUT2D eigenvalue weighted by Gasteiger charge is 2.31. The minimum absolute atomic E-state index is 0.743. The second-order valence-corrected chi connectivity index (χ2v) is 3.52. The molecule has 2 nitrogen and oxygen atoms in total. The van der Waals surface area contributed by atoms with Crippen LogP contribution in [0.1, 0.15) is 19.0 Å². The lowest BCUT2D eigenvalue weighted by Gasteiger charge is -2.01. The second-order valence-electron chi connectivity index (χ2n) is 3.52. The molecule has 0 saturated heterocycles. The Morgan fingerprint density at radius 1 is 1.58 bits per heavy atom. The van der Waals surface area contributed by atoms with Gasteiger partial charge in [-0.05, 0) is 24.5 Å². The molecule has 1 aromatic rings. The number of pyridine rings is 1. The smallest absolute Gasteiger partial charge is 0.0541 e. The molecule has 0 amide bonds. The number of aromatic nitrogens is 1. The standard InChI is InChI=1S/C10H14N2/c1-8-6-10(8)12-7-9-4-2-3-5-11-9/h2-5,8,10,12H,6-7H2,1H3. The topological polar surface area (TPSA) is 24.9 Å². The number of nitrogens with one attached hydrogen (secondary N) is 1. The first kappa shape index (κ1) is 7.74. The van der Waals surface area contributed by atoms with E-state index >= 15 is 0 Å². The van der Waals surface area contributed by atoms with Crippen molar-refractivity contribution in [2.45, 2.75) is 25.9 Å². The molecule has 1 heterocycles. The van der Waals surface area contributed by atoms with E-state index in [2.05, 4.69) is 23.3 Å². The predicted octanol–water partition coefficient (Wildman–Crippen LogP) is 1.58. The molecule has 2 unspecified atom stereocenters. The molecule has 0 bridgehead atoms. The van der Waals surface area contributed by atoms with Crippen LogP contribution in [0.4, 0.5) is 0 Å². The number of hydrogen-bond donors (Lipinski definition) is 1. The highest BCUT2D eigenvalue weighted by Crippen LogP contribution is 2.28. The molecule has 2 atom stereocenters. The van der Waals surface area contributed by atoms with Gasteiger partial charge in [0.15, 0.2) is 0 Å². The Hall–Kier alpha value is -0.890. The highest BCUT2D eigenvalue weighted by atomic mass is 15.0. The van der Waals surface area contributed by atoms with Crippen molar-refractivity contribution in [1.29, 1.82) is 0 Å². The van der Waals surface area contributed by atoms with E-state index in [1.54, 1.807) is 0 Å². The number of nitrogens with zero attached hydrogens (tertiary/aromatic N) is 1. The summed E-state index contributed by atoms with van der Waals surface area (Å²) in [5.41, 5.74) is 1.14. The van der Waals surface area contributed by atoms with Crippen molar-refractivity contribution in [1.82, 2.24) is 10.3 Å². The Morgan fingerprint density at radius 3 is 3.00 bits per heavy atom. The van der Waals surface area contributed by atoms with Crippen LogP contribution < -0.4 is 5.32 Å². The van der Waals surface area contributed by atoms with Gasteiger partial charge in [0.05, 0.1) is 5.69 Å². The summed E-state index contributed by atoms with van der Waals surface area (Å²) in [4.78, 5) is 4.24. The van der Waals surface area contributed by atoms with Gasteiger partial charge in [-0.15, -0.1) is 0 Å². The zero-order chi connectivity index (χ0) is 8.39. The molecular formula is C10H14N2. The van der Waals surface area contributed by atoms with Gasteiger partial charge in [-0.1, -0.05) is 13.0 Å². The lowest BCUT2D eigenvalue weighted by Crippen LogP contribution is -2.17. The maximum absolute atomic E-state index is 4.24. The van der Waals surface area contributed by atoms with Gasteiger partial charge in [-0.25, -0.2) is 0 Å². The van der Waals surface area contributed by atoms with Crippen molar-refractivity contribution < 1.29 is 0 Å². The average Bonchev–Trinajstić information content (AvgIpc) is 2.81. The van der Waals surface area contributed by atoms with E-state index in [1.165, 1.54) is 6.42 Å². The van der Waals surface area contributed by atoms with Crippen LogP contribution in [0, 0.1) is 5.92 Å². The summed E-state index contributed by atoms with van der Waals surface area (Å²) >= 11 is 0. The van der Waals surface area contributed by atoms with Gasteiger partial charge >= 0.3 is 0 Å². The van der Waals surface area contributed by atoms with Crippen molar-refractivity contribution in [3.05, 3.63) is 30.1 Å². The molecule has 0 aliphatic heterocycles. The van der Waals surface area contributed by atoms with Crippen LogP contribution in [-0.4, -0.2) is 11.0 Å². The Balaban J connectivity index is 1.80. The molecule has 1 N–H and O–H groups in total. The predicted molar refractivity (Wildman–Crippen MR) is 48.6 cm³/mol. The largest absolute Gasteiger partial charge is 0.308 e. The summed E-state index contributed by atoms with van der Waals surface area (Å²) in [7, 11) is 0. The zero-order valence-electron chi connectivity index (χ0n) is 7.33. The van der Waals surface area contributed by atoms with Crippen molar-refractivity contribution >= 4 is 0 Å². The number of hydrogen-bond acceptors (Lipinski definition) is 2. The van der Waals surface area contributed by atoms with Gasteiger partial charge in [0.1, 0.15) is 0 Å². The maximum Gasteiger partial charge on any atom is 0.0541 e. The fourth-order valence-corrected chi connectivity index (χ4v) is 1.34. The minimum Gasteiger partial charge on any atom is -0.308 e. The highest BCUT2D eigenvalue weighted by molar-refractivity contribution is 5.04. The van der Waals surface area contributed by atoms with Crippen molar-refractivity contribution in [3.63, 3.8) is 0 Å². The maximum atomic E-state index is 4.24. The van der Waals surface area contributed by atoms with E-state index < -0.39 is 0 Å². The van der Waals surface area contributed by atoms with Gasteiger partial charge < -0.3 is 5.32 Å². The van der Waals surface area contributed by atoms with Crippen LogP contribution in [-0.2, 0) is 6.54 Å². The fraction of sp³-hybridized carbons (Fsp3) is 0.500. The SMILES string of the molecule is CC1CC1NCc1ccccn1. The van der Waals surface area contributed by atoms with Crippen molar-refractivity contribution in [3.8, 4) is 0 Å². The Kier molecular flexibility index (Phi) is 2.09. The second kappa shape index (κ2) is 3.23. The third-order valence-electron chi connectivity index (χ3n) is 2.38. The van der Waals surface area contributed by atoms with Gasteiger partial charge in [0, 0.05) is 18.8 Å². The molecule has 0 spiro atoms. The third kappa shape index (κ3) is 1.83. The quantitative estimate of drug-likeness (QED) is 0.730. The summed E-state index contributed by atoms with van der Waals surface area (Å²) in [6, 6.07) is 6.77. The molecule has 0 radical (unpaired) electrons. The van der Waals surface area contributed by atoms with E-state index in [0.717, 1.165) is 24.2 Å². The Morgan fingerprint density at radius 2 is 2.42 bits per heavy atom. The van der Waals surface area contributed by atoms with E-state index in [0.29, 0.717) is 0 Å². The fourth-order valence-electron chi connectivity index (χ4n) is 1.34. The molecule has 1 saturated carbocycles. The van der Waals surface area contributed by atoms with Gasteiger partial charge in [-0.2, -0.15) is 0 Å². The molecule has 1 aliphatic carbocycles. The zero-order valence-corrected chi connectivity index (χ0v) is 7.33. The monoisotopic (exact) mass is 162 g/mol. The lowest BCUT2D eigenvalue weighted by molar-refractivity contribution is 0.642. The van der Waals surface area contributed by atoms with E-state index in [4.69, 9.17) is 0 Å². The summed E-state index contributed by atoms with van der Waals surface area (Å²) in [5, 5.41) is 3.46. The summed E-state index contributed by atoms with van der Waals surface area (Å²) in [6.07, 6.45) is 3.17. The molecule has 12 heavy (non-hydrogen) atoms. The van der Waals surface area contributed by atoms with Crippen molar-refractivity contribution in [2.75, 3.05) is 0 Å². The van der Waals surface area contributed by atoms with Crippen LogP contribution in [0.15, 0.2) is 24.4 Å². The van der Waals surface area contributed by atoms with E-state index in [-0.39, 0.29) is 0 Å². The Labute approximate surface area is 73.0 Å². The normalized spacial score (nSPS) is 27.1. The first-order valence-electron chi connectivity index (χ1n) is 4.49. The van der Waals surface area contributed by atoms with Gasteiger partial charge in [0.25, 0.3) is 0 Å². The summed E-state index contributed by atoms with van der Waals surface area (Å²) < 4.78 is 0. The van der Waals surface area contributed by atoms with Crippen molar-refractivity contribution in [2.24, 2.45) is 5.92 Å². The molecule has 64 valence electrons. The van der Waals surface area contributed by atoms with Crippen LogP contribution in [0.3, 0.4) is 0 Å². The molecule has 0 aromatic carbocycles. The van der Waals surface area contributed by atoms with Gasteiger partial charge in [0.2, 0.25) is 0 Å². The van der Waals surface area contributed by atoms with Crippen LogP contribution in [0.2, 0.25) is 0 Å². The summed E-state index contributed by atoms with van der Waals surface area (Å²) in [5.74, 6) is 0.869. The molecule has 1 aliphatic rings. The van der Waals surface area contributed by atoms with Crippen LogP contribution in [0.25, 0.3) is 0 Å². The first-order chi connectivity index (χ1) is 5.86. The molecular weight excluding hydrogens is 148 g/mol. The Bertz CT molecular complexity index is 245. The van der Waals surface area contributed by atoms with E-state index in [9.17, 15) is 0 Å². The molecule has 1 aromatic heterocycles. The third-order valence-corrected chi connectivity index (χ3v) is 2.38. The molecule has 1 fully saturated rings. The molecule has 2 rings (SSSR count). The summed E-state index contributed by atoms with van der Waals surface area (Å²) in [6.45, 7) is 3.19.